The Bertz CT molecular complexity index is 81.7. The van der Waals surface area contributed by atoms with Crippen molar-refractivity contribution in [3.05, 3.63) is 0 Å². The molecule has 0 spiro atoms. The third-order valence-corrected chi connectivity index (χ3v) is 2.39. The lowest BCUT2D eigenvalue weighted by atomic mass is 9.96. The Balaban J connectivity index is 2.02. The van der Waals surface area contributed by atoms with Gasteiger partial charge >= 0.3 is 0 Å². The lowest BCUT2D eigenvalue weighted by Crippen LogP contribution is -2.30. The van der Waals surface area contributed by atoms with Crippen molar-refractivity contribution < 1.29 is 0 Å². The van der Waals surface area contributed by atoms with E-state index in [9.17, 15) is 0 Å². The molecule has 0 atom stereocenters. The van der Waals surface area contributed by atoms with Gasteiger partial charge in [0.2, 0.25) is 0 Å². The average molecular weight is 160 g/mol. The predicted molar refractivity (Wildman–Crippen MR) is 46.7 cm³/mol. The van der Waals surface area contributed by atoms with E-state index in [4.69, 9.17) is 5.14 Å². The molecular formula is C7H16N2S. The number of nitrogens with one attached hydrogen (secondary N) is 1. The minimum atomic E-state index is 0.754. The normalized spacial score (nSPS) is 21.3. The van der Waals surface area contributed by atoms with Crippen molar-refractivity contribution >= 4 is 11.9 Å². The average Bonchev–Trinajstić information content (AvgIpc) is 2.03. The highest BCUT2D eigenvalue weighted by molar-refractivity contribution is 7.97. The summed E-state index contributed by atoms with van der Waals surface area (Å²) >= 11 is 1.38. The lowest BCUT2D eigenvalue weighted by molar-refractivity contribution is 0.390. The first-order valence-corrected chi connectivity index (χ1v) is 5.03. The van der Waals surface area contributed by atoms with Gasteiger partial charge in [-0.2, -0.15) is 0 Å². The van der Waals surface area contributed by atoms with Gasteiger partial charge in [-0.05, 0) is 12.8 Å². The smallest absolute Gasteiger partial charge is 0.0565 e. The Morgan fingerprint density at radius 2 is 2.00 bits per heavy atom. The molecule has 0 radical (unpaired) electrons. The van der Waals surface area contributed by atoms with Crippen LogP contribution in [0.2, 0.25) is 0 Å². The van der Waals surface area contributed by atoms with E-state index in [1.807, 2.05) is 0 Å². The second kappa shape index (κ2) is 4.99. The van der Waals surface area contributed by atoms with Crippen LogP contribution < -0.4 is 10.5 Å². The van der Waals surface area contributed by atoms with Crippen molar-refractivity contribution in [3.63, 3.8) is 0 Å². The zero-order valence-corrected chi connectivity index (χ0v) is 7.12. The Morgan fingerprint density at radius 3 is 2.60 bits per heavy atom. The highest BCUT2D eigenvalue weighted by atomic mass is 32.2. The van der Waals surface area contributed by atoms with Gasteiger partial charge in [-0.3, -0.25) is 5.14 Å². The quantitative estimate of drug-likeness (QED) is 0.485. The Labute approximate surface area is 67.1 Å². The van der Waals surface area contributed by atoms with Crippen molar-refractivity contribution in [1.29, 1.82) is 0 Å². The van der Waals surface area contributed by atoms with Gasteiger partial charge in [0.1, 0.15) is 0 Å². The van der Waals surface area contributed by atoms with Crippen molar-refractivity contribution in [1.82, 2.24) is 5.32 Å². The van der Waals surface area contributed by atoms with E-state index >= 15 is 0 Å². The van der Waals surface area contributed by atoms with Crippen LogP contribution in [0.1, 0.15) is 32.1 Å². The largest absolute Gasteiger partial charge is 0.304 e. The zero-order valence-electron chi connectivity index (χ0n) is 6.31. The maximum absolute atomic E-state index is 5.30. The van der Waals surface area contributed by atoms with Crippen LogP contribution >= 0.6 is 11.9 Å². The first-order chi connectivity index (χ1) is 4.93. The molecule has 10 heavy (non-hydrogen) atoms. The van der Waals surface area contributed by atoms with Crippen molar-refractivity contribution in [2.75, 3.05) is 5.88 Å². The topological polar surface area (TPSA) is 38.0 Å². The molecule has 3 heteroatoms. The molecule has 1 fully saturated rings. The lowest BCUT2D eigenvalue weighted by Gasteiger charge is -2.21. The Kier molecular flexibility index (Phi) is 4.18. The highest BCUT2D eigenvalue weighted by Gasteiger charge is 2.11. The molecule has 0 saturated heterocycles. The van der Waals surface area contributed by atoms with Crippen molar-refractivity contribution in [2.45, 2.75) is 38.1 Å². The minimum absolute atomic E-state index is 0.754. The Morgan fingerprint density at radius 1 is 1.30 bits per heavy atom. The third kappa shape index (κ3) is 2.90. The van der Waals surface area contributed by atoms with E-state index in [1.165, 1.54) is 44.1 Å². The van der Waals surface area contributed by atoms with E-state index in [1.54, 1.807) is 0 Å². The molecule has 0 amide bonds. The molecule has 0 unspecified atom stereocenters. The molecule has 1 saturated carbocycles. The first-order valence-electron chi connectivity index (χ1n) is 3.98. The van der Waals surface area contributed by atoms with Gasteiger partial charge in [-0.1, -0.05) is 31.2 Å². The maximum Gasteiger partial charge on any atom is 0.0565 e. The molecule has 3 N–H and O–H groups in total. The van der Waals surface area contributed by atoms with Crippen LogP contribution in [0, 0.1) is 0 Å². The fourth-order valence-electron chi connectivity index (χ4n) is 1.47. The van der Waals surface area contributed by atoms with Gasteiger partial charge in [-0.25, -0.2) is 0 Å². The molecular weight excluding hydrogens is 144 g/mol. The second-order valence-electron chi connectivity index (χ2n) is 2.85. The number of hydrogen-bond acceptors (Lipinski definition) is 3. The van der Waals surface area contributed by atoms with Gasteiger partial charge in [0.25, 0.3) is 0 Å². The standard InChI is InChI=1S/C7H16N2S/c8-10-6-9-7-4-2-1-3-5-7/h7,9H,1-6,8H2. The minimum Gasteiger partial charge on any atom is -0.304 e. The van der Waals surface area contributed by atoms with E-state index in [0.29, 0.717) is 0 Å². The monoisotopic (exact) mass is 160 g/mol. The number of hydrogen-bond donors (Lipinski definition) is 2. The third-order valence-electron chi connectivity index (χ3n) is 2.06. The maximum atomic E-state index is 5.30. The van der Waals surface area contributed by atoms with Crippen LogP contribution in [0.15, 0.2) is 0 Å². The molecule has 0 aliphatic heterocycles. The molecule has 60 valence electrons. The van der Waals surface area contributed by atoms with Crippen molar-refractivity contribution in [3.8, 4) is 0 Å². The van der Waals surface area contributed by atoms with Gasteiger partial charge < -0.3 is 5.32 Å². The van der Waals surface area contributed by atoms with Crippen LogP contribution in [0.5, 0.6) is 0 Å². The van der Waals surface area contributed by atoms with Gasteiger partial charge in [0.15, 0.2) is 0 Å². The molecule has 0 bridgehead atoms. The summed E-state index contributed by atoms with van der Waals surface area (Å²) < 4.78 is 0. The fraction of sp³-hybridized carbons (Fsp3) is 1.00. The highest BCUT2D eigenvalue weighted by Crippen LogP contribution is 2.17. The van der Waals surface area contributed by atoms with Crippen LogP contribution in [-0.2, 0) is 0 Å². The molecule has 0 aromatic carbocycles. The SMILES string of the molecule is NSCNC1CCCCC1. The Hall–Kier alpha value is 0.270. The van der Waals surface area contributed by atoms with E-state index in [-0.39, 0.29) is 0 Å². The summed E-state index contributed by atoms with van der Waals surface area (Å²) in [4.78, 5) is 0. The van der Waals surface area contributed by atoms with Crippen LogP contribution in [0.25, 0.3) is 0 Å². The van der Waals surface area contributed by atoms with Crippen LogP contribution in [-0.4, -0.2) is 11.9 Å². The zero-order chi connectivity index (χ0) is 7.23. The van der Waals surface area contributed by atoms with Crippen LogP contribution in [0.4, 0.5) is 0 Å². The summed E-state index contributed by atoms with van der Waals surface area (Å²) in [6.07, 6.45) is 6.91. The van der Waals surface area contributed by atoms with E-state index in [0.717, 1.165) is 11.9 Å². The van der Waals surface area contributed by atoms with E-state index in [2.05, 4.69) is 5.32 Å². The summed E-state index contributed by atoms with van der Waals surface area (Å²) in [6, 6.07) is 0.754. The summed E-state index contributed by atoms with van der Waals surface area (Å²) in [7, 11) is 0. The fourth-order valence-corrected chi connectivity index (χ4v) is 1.80. The molecule has 0 aromatic heterocycles. The predicted octanol–water partition coefficient (Wildman–Crippen LogP) is 1.47. The molecule has 1 aliphatic carbocycles. The number of nitrogens with two attached hydrogens (primary N) is 1. The molecule has 0 aromatic rings. The van der Waals surface area contributed by atoms with Gasteiger partial charge in [-0.15, -0.1) is 0 Å². The van der Waals surface area contributed by atoms with Crippen LogP contribution in [0.3, 0.4) is 0 Å². The van der Waals surface area contributed by atoms with Gasteiger partial charge in [0.05, 0.1) is 5.88 Å². The molecule has 1 aliphatic rings. The van der Waals surface area contributed by atoms with Crippen molar-refractivity contribution in [2.24, 2.45) is 5.14 Å². The molecule has 2 nitrogen and oxygen atoms in total. The summed E-state index contributed by atoms with van der Waals surface area (Å²) in [5.74, 6) is 0.907. The van der Waals surface area contributed by atoms with E-state index < -0.39 is 0 Å². The number of rotatable bonds is 3. The summed E-state index contributed by atoms with van der Waals surface area (Å²) in [6.45, 7) is 0. The molecule has 1 rings (SSSR count). The summed E-state index contributed by atoms with van der Waals surface area (Å²) in [5.41, 5.74) is 0. The van der Waals surface area contributed by atoms with Gasteiger partial charge in [0, 0.05) is 6.04 Å². The second-order valence-corrected chi connectivity index (χ2v) is 3.47. The summed E-state index contributed by atoms with van der Waals surface area (Å²) in [5, 5.41) is 8.71. The first kappa shape index (κ1) is 8.37. The molecule has 0 heterocycles.